The zero-order chi connectivity index (χ0) is 14.6. The summed E-state index contributed by atoms with van der Waals surface area (Å²) in [6, 6.07) is 2.94. The van der Waals surface area contributed by atoms with Crippen LogP contribution in [0.3, 0.4) is 0 Å². The van der Waals surface area contributed by atoms with Gasteiger partial charge in [0.05, 0.1) is 16.4 Å². The molecule has 1 aromatic heterocycles. The lowest BCUT2D eigenvalue weighted by Crippen LogP contribution is -2.33. The number of pyridine rings is 1. The van der Waals surface area contributed by atoms with Crippen LogP contribution in [-0.2, 0) is 9.84 Å². The molecule has 1 aliphatic heterocycles. The van der Waals surface area contributed by atoms with Crippen molar-refractivity contribution in [3.05, 3.63) is 28.4 Å². The molecule has 1 unspecified atom stereocenters. The van der Waals surface area contributed by atoms with Crippen LogP contribution in [0.2, 0.25) is 0 Å². The highest BCUT2D eigenvalue weighted by molar-refractivity contribution is 7.91. The summed E-state index contributed by atoms with van der Waals surface area (Å²) in [6.45, 7) is 1.18. The van der Waals surface area contributed by atoms with Crippen LogP contribution in [0.15, 0.2) is 18.3 Å². The number of hydrogen-bond donors (Lipinski definition) is 2. The van der Waals surface area contributed by atoms with Gasteiger partial charge in [0.25, 0.3) is 5.69 Å². The summed E-state index contributed by atoms with van der Waals surface area (Å²) in [7, 11) is -2.86. The van der Waals surface area contributed by atoms with Crippen LogP contribution in [0, 0.1) is 10.1 Å². The van der Waals surface area contributed by atoms with Gasteiger partial charge in [-0.15, -0.1) is 0 Å². The molecular weight excluding hydrogens is 284 g/mol. The highest BCUT2D eigenvalue weighted by Crippen LogP contribution is 2.12. The predicted octanol–water partition coefficient (Wildman–Crippen LogP) is 0.178. The van der Waals surface area contributed by atoms with Gasteiger partial charge in [0, 0.05) is 25.2 Å². The Morgan fingerprint density at radius 3 is 2.75 bits per heavy atom. The summed E-state index contributed by atoms with van der Waals surface area (Å²) in [5.74, 6) is 1.00. The Morgan fingerprint density at radius 2 is 2.20 bits per heavy atom. The van der Waals surface area contributed by atoms with E-state index >= 15 is 0 Å². The molecule has 0 saturated carbocycles. The number of hydrogen-bond acceptors (Lipinski definition) is 7. The largest absolute Gasteiger partial charge is 0.369 e. The van der Waals surface area contributed by atoms with E-state index < -0.39 is 14.8 Å². The Balaban J connectivity index is 1.70. The molecule has 0 aromatic carbocycles. The normalized spacial score (nSPS) is 20.7. The molecule has 0 bridgehead atoms. The average Bonchev–Trinajstić information content (AvgIpc) is 2.75. The van der Waals surface area contributed by atoms with Crippen molar-refractivity contribution in [1.82, 2.24) is 10.3 Å². The first-order valence-corrected chi connectivity index (χ1v) is 8.06. The topological polar surface area (TPSA) is 114 Å². The summed E-state index contributed by atoms with van der Waals surface area (Å²) >= 11 is 0. The van der Waals surface area contributed by atoms with E-state index in [0.717, 1.165) is 0 Å². The Morgan fingerprint density at radius 1 is 1.40 bits per heavy atom. The number of nitro groups is 1. The average molecular weight is 300 g/mol. The van der Waals surface area contributed by atoms with E-state index in [2.05, 4.69) is 15.6 Å². The second kappa shape index (κ2) is 6.14. The van der Waals surface area contributed by atoms with E-state index in [1.807, 2.05) is 0 Å². The molecule has 1 aliphatic rings. The van der Waals surface area contributed by atoms with Gasteiger partial charge in [-0.25, -0.2) is 13.4 Å². The fourth-order valence-corrected chi connectivity index (χ4v) is 3.73. The smallest absolute Gasteiger partial charge is 0.287 e. The zero-order valence-electron chi connectivity index (χ0n) is 10.8. The first-order valence-electron chi connectivity index (χ1n) is 6.24. The third kappa shape index (κ3) is 4.14. The van der Waals surface area contributed by atoms with E-state index in [-0.39, 0.29) is 23.2 Å². The Hall–Kier alpha value is -1.74. The molecule has 9 heteroatoms. The summed E-state index contributed by atoms with van der Waals surface area (Å²) < 4.78 is 22.5. The molecule has 20 heavy (non-hydrogen) atoms. The Kier molecular flexibility index (Phi) is 4.50. The standard InChI is InChI=1S/C11H16N4O4S/c16-15(17)10-1-2-11(14-7-10)13-5-4-12-9-3-6-20(18,19)8-9/h1-2,7,9,12H,3-6,8H2,(H,13,14). The molecule has 0 spiro atoms. The van der Waals surface area contributed by atoms with Crippen molar-refractivity contribution >= 4 is 21.3 Å². The summed E-state index contributed by atoms with van der Waals surface area (Å²) in [5.41, 5.74) is -0.0511. The van der Waals surface area contributed by atoms with E-state index in [9.17, 15) is 18.5 Å². The predicted molar refractivity (Wildman–Crippen MR) is 74.4 cm³/mol. The second-order valence-electron chi connectivity index (χ2n) is 4.64. The third-order valence-corrected chi connectivity index (χ3v) is 4.82. The van der Waals surface area contributed by atoms with Crippen LogP contribution >= 0.6 is 0 Å². The van der Waals surface area contributed by atoms with Gasteiger partial charge in [-0.05, 0) is 12.5 Å². The molecule has 1 saturated heterocycles. The number of sulfone groups is 1. The fraction of sp³-hybridized carbons (Fsp3) is 0.545. The lowest BCUT2D eigenvalue weighted by Gasteiger charge is -2.11. The van der Waals surface area contributed by atoms with Gasteiger partial charge >= 0.3 is 0 Å². The van der Waals surface area contributed by atoms with Crippen LogP contribution in [-0.4, -0.2) is 49.0 Å². The van der Waals surface area contributed by atoms with E-state index in [4.69, 9.17) is 0 Å². The van der Waals surface area contributed by atoms with Crippen molar-refractivity contribution in [2.24, 2.45) is 0 Å². The minimum absolute atomic E-state index is 0.0200. The van der Waals surface area contributed by atoms with Crippen molar-refractivity contribution < 1.29 is 13.3 Å². The molecule has 2 N–H and O–H groups in total. The molecule has 1 atom stereocenters. The van der Waals surface area contributed by atoms with Crippen LogP contribution in [0.1, 0.15) is 6.42 Å². The molecule has 0 aliphatic carbocycles. The molecule has 8 nitrogen and oxygen atoms in total. The van der Waals surface area contributed by atoms with Crippen molar-refractivity contribution in [3.8, 4) is 0 Å². The Bertz CT molecular complexity index is 573. The van der Waals surface area contributed by atoms with Gasteiger partial charge in [-0.2, -0.15) is 0 Å². The van der Waals surface area contributed by atoms with Gasteiger partial charge in [-0.1, -0.05) is 0 Å². The molecule has 1 fully saturated rings. The second-order valence-corrected chi connectivity index (χ2v) is 6.87. The van der Waals surface area contributed by atoms with Crippen LogP contribution in [0.5, 0.6) is 0 Å². The minimum atomic E-state index is -2.86. The molecule has 110 valence electrons. The number of anilines is 1. The molecule has 0 radical (unpaired) electrons. The number of nitrogens with one attached hydrogen (secondary N) is 2. The molecular formula is C11H16N4O4S. The Labute approximate surface area is 116 Å². The molecule has 0 amide bonds. The van der Waals surface area contributed by atoms with Gasteiger partial charge in [0.2, 0.25) is 0 Å². The maximum absolute atomic E-state index is 11.3. The number of rotatable bonds is 6. The van der Waals surface area contributed by atoms with Crippen molar-refractivity contribution in [2.45, 2.75) is 12.5 Å². The fourth-order valence-electron chi connectivity index (χ4n) is 2.02. The molecule has 1 aromatic rings. The number of aromatic nitrogens is 1. The van der Waals surface area contributed by atoms with E-state index in [0.29, 0.717) is 25.3 Å². The highest BCUT2D eigenvalue weighted by Gasteiger charge is 2.26. The number of nitrogens with zero attached hydrogens (tertiary/aromatic N) is 2. The SMILES string of the molecule is O=[N+]([O-])c1ccc(NCCNC2CCS(=O)(=O)C2)nc1. The molecule has 2 heterocycles. The quantitative estimate of drug-likeness (QED) is 0.437. The lowest BCUT2D eigenvalue weighted by molar-refractivity contribution is -0.385. The summed E-state index contributed by atoms with van der Waals surface area (Å²) in [6.07, 6.45) is 1.84. The lowest BCUT2D eigenvalue weighted by atomic mass is 10.2. The van der Waals surface area contributed by atoms with Gasteiger partial charge in [0.15, 0.2) is 9.84 Å². The maximum Gasteiger partial charge on any atom is 0.287 e. The first-order chi connectivity index (χ1) is 9.46. The highest BCUT2D eigenvalue weighted by atomic mass is 32.2. The van der Waals surface area contributed by atoms with Gasteiger partial charge in [0.1, 0.15) is 12.0 Å². The van der Waals surface area contributed by atoms with E-state index in [1.165, 1.54) is 18.3 Å². The van der Waals surface area contributed by atoms with Crippen molar-refractivity contribution in [3.63, 3.8) is 0 Å². The van der Waals surface area contributed by atoms with Crippen LogP contribution in [0.25, 0.3) is 0 Å². The van der Waals surface area contributed by atoms with Gasteiger partial charge < -0.3 is 10.6 Å². The third-order valence-electron chi connectivity index (χ3n) is 3.06. The van der Waals surface area contributed by atoms with E-state index in [1.54, 1.807) is 0 Å². The minimum Gasteiger partial charge on any atom is -0.369 e. The first kappa shape index (κ1) is 14.7. The monoisotopic (exact) mass is 300 g/mol. The summed E-state index contributed by atoms with van der Waals surface area (Å²) in [5, 5.41) is 16.6. The summed E-state index contributed by atoms with van der Waals surface area (Å²) in [4.78, 5) is 13.9. The zero-order valence-corrected chi connectivity index (χ0v) is 11.6. The van der Waals surface area contributed by atoms with Crippen LogP contribution < -0.4 is 10.6 Å². The molecule has 2 rings (SSSR count). The maximum atomic E-state index is 11.3. The van der Waals surface area contributed by atoms with Crippen LogP contribution in [0.4, 0.5) is 11.5 Å². The van der Waals surface area contributed by atoms with Gasteiger partial charge in [-0.3, -0.25) is 10.1 Å². The van der Waals surface area contributed by atoms with Crippen molar-refractivity contribution in [1.29, 1.82) is 0 Å². The van der Waals surface area contributed by atoms with Crippen molar-refractivity contribution in [2.75, 3.05) is 29.9 Å².